The lowest BCUT2D eigenvalue weighted by Gasteiger charge is -2.28. The smallest absolute Gasteiger partial charge is 0.255 e. The average molecular weight is 264 g/mol. The number of rotatable bonds is 3. The Bertz CT molecular complexity index is 456. The third-order valence-corrected chi connectivity index (χ3v) is 3.68. The van der Waals surface area contributed by atoms with Gasteiger partial charge in [0, 0.05) is 12.1 Å². The van der Waals surface area contributed by atoms with E-state index in [1.807, 2.05) is 6.92 Å². The van der Waals surface area contributed by atoms with E-state index in [-0.39, 0.29) is 29.0 Å². The lowest BCUT2D eigenvalue weighted by Crippen LogP contribution is -2.42. The Kier molecular flexibility index (Phi) is 4.27. The van der Waals surface area contributed by atoms with Crippen LogP contribution in [0.1, 0.15) is 30.1 Å². The molecule has 1 aliphatic rings. The summed E-state index contributed by atoms with van der Waals surface area (Å²) in [5, 5.41) is 25.1. The van der Waals surface area contributed by atoms with Crippen LogP contribution in [0.2, 0.25) is 0 Å². The van der Waals surface area contributed by atoms with Crippen LogP contribution in [0.4, 0.5) is 0 Å². The zero-order valence-electron chi connectivity index (χ0n) is 11.0. The van der Waals surface area contributed by atoms with Crippen molar-refractivity contribution in [3.63, 3.8) is 0 Å². The van der Waals surface area contributed by atoms with Gasteiger partial charge in [-0.15, -0.1) is 0 Å². The fourth-order valence-electron chi connectivity index (χ4n) is 2.46. The predicted molar refractivity (Wildman–Crippen MR) is 72.3 cm³/mol. The SMILES string of the molecule is CC(NC(=O)c1ccc(O)cc1O)C1CCNCC1. The minimum atomic E-state index is -0.302. The first kappa shape index (κ1) is 13.7. The number of hydrogen-bond acceptors (Lipinski definition) is 4. The molecule has 1 unspecified atom stereocenters. The molecule has 0 bridgehead atoms. The monoisotopic (exact) mass is 264 g/mol. The van der Waals surface area contributed by atoms with Crippen molar-refractivity contribution in [1.82, 2.24) is 10.6 Å². The number of piperidine rings is 1. The van der Waals surface area contributed by atoms with E-state index < -0.39 is 0 Å². The summed E-state index contributed by atoms with van der Waals surface area (Å²) in [6.07, 6.45) is 2.09. The fraction of sp³-hybridized carbons (Fsp3) is 0.500. The van der Waals surface area contributed by atoms with E-state index >= 15 is 0 Å². The van der Waals surface area contributed by atoms with Crippen molar-refractivity contribution in [2.75, 3.05) is 13.1 Å². The summed E-state index contributed by atoms with van der Waals surface area (Å²) in [4.78, 5) is 12.1. The molecule has 0 saturated carbocycles. The number of phenolic OH excluding ortho intramolecular Hbond substituents is 2. The molecule has 1 aliphatic heterocycles. The summed E-state index contributed by atoms with van der Waals surface area (Å²) in [5.74, 6) is -0.0940. The van der Waals surface area contributed by atoms with Gasteiger partial charge in [0.15, 0.2) is 0 Å². The van der Waals surface area contributed by atoms with Crippen LogP contribution >= 0.6 is 0 Å². The Morgan fingerprint density at radius 2 is 2.05 bits per heavy atom. The zero-order valence-corrected chi connectivity index (χ0v) is 11.0. The van der Waals surface area contributed by atoms with Gasteiger partial charge in [-0.25, -0.2) is 0 Å². The van der Waals surface area contributed by atoms with Crippen molar-refractivity contribution >= 4 is 5.91 Å². The summed E-state index contributed by atoms with van der Waals surface area (Å²) in [7, 11) is 0. The van der Waals surface area contributed by atoms with Gasteiger partial charge in [-0.1, -0.05) is 0 Å². The molecule has 104 valence electrons. The molecule has 2 rings (SSSR count). The molecule has 4 N–H and O–H groups in total. The lowest BCUT2D eigenvalue weighted by molar-refractivity contribution is 0.0918. The largest absolute Gasteiger partial charge is 0.508 e. The second-order valence-corrected chi connectivity index (χ2v) is 5.05. The minimum absolute atomic E-state index is 0.0551. The Morgan fingerprint density at radius 3 is 2.68 bits per heavy atom. The first-order valence-electron chi connectivity index (χ1n) is 6.61. The van der Waals surface area contributed by atoms with Crippen LogP contribution in [0.3, 0.4) is 0 Å². The van der Waals surface area contributed by atoms with Gasteiger partial charge in [0.05, 0.1) is 5.56 Å². The highest BCUT2D eigenvalue weighted by Gasteiger charge is 2.22. The highest BCUT2D eigenvalue weighted by Crippen LogP contribution is 2.23. The molecular weight excluding hydrogens is 244 g/mol. The molecule has 0 spiro atoms. The van der Waals surface area contributed by atoms with Gasteiger partial charge in [-0.05, 0) is 50.9 Å². The van der Waals surface area contributed by atoms with Crippen molar-refractivity contribution in [2.45, 2.75) is 25.8 Å². The van der Waals surface area contributed by atoms with Crippen LogP contribution in [-0.4, -0.2) is 35.3 Å². The van der Waals surface area contributed by atoms with Gasteiger partial charge in [-0.3, -0.25) is 4.79 Å². The van der Waals surface area contributed by atoms with E-state index in [9.17, 15) is 15.0 Å². The van der Waals surface area contributed by atoms with Crippen LogP contribution in [0.5, 0.6) is 11.5 Å². The number of hydrogen-bond donors (Lipinski definition) is 4. The first-order chi connectivity index (χ1) is 9.08. The topological polar surface area (TPSA) is 81.6 Å². The minimum Gasteiger partial charge on any atom is -0.508 e. The quantitative estimate of drug-likeness (QED) is 0.661. The summed E-state index contributed by atoms with van der Waals surface area (Å²) >= 11 is 0. The van der Waals surface area contributed by atoms with Gasteiger partial charge < -0.3 is 20.8 Å². The molecule has 1 aromatic carbocycles. The predicted octanol–water partition coefficient (Wildman–Crippen LogP) is 1.22. The number of carbonyl (C=O) groups is 1. The van der Waals surface area contributed by atoms with Gasteiger partial charge in [-0.2, -0.15) is 0 Å². The second-order valence-electron chi connectivity index (χ2n) is 5.05. The molecular formula is C14H20N2O3. The first-order valence-corrected chi connectivity index (χ1v) is 6.61. The number of phenols is 2. The Balaban J connectivity index is 1.99. The lowest BCUT2D eigenvalue weighted by atomic mass is 9.91. The average Bonchev–Trinajstić information content (AvgIpc) is 2.39. The molecule has 19 heavy (non-hydrogen) atoms. The maximum Gasteiger partial charge on any atom is 0.255 e. The van der Waals surface area contributed by atoms with Crippen molar-refractivity contribution in [2.24, 2.45) is 5.92 Å². The highest BCUT2D eigenvalue weighted by atomic mass is 16.3. The summed E-state index contributed by atoms with van der Waals surface area (Å²) < 4.78 is 0. The molecule has 1 aromatic rings. The van der Waals surface area contributed by atoms with E-state index in [2.05, 4.69) is 10.6 Å². The molecule has 1 saturated heterocycles. The molecule has 1 fully saturated rings. The van der Waals surface area contributed by atoms with Crippen molar-refractivity contribution in [3.05, 3.63) is 23.8 Å². The number of nitrogens with one attached hydrogen (secondary N) is 2. The maximum atomic E-state index is 12.1. The number of aromatic hydroxyl groups is 2. The molecule has 0 radical (unpaired) electrons. The third-order valence-electron chi connectivity index (χ3n) is 3.68. The van der Waals surface area contributed by atoms with Crippen molar-refractivity contribution in [3.8, 4) is 11.5 Å². The van der Waals surface area contributed by atoms with Crippen LogP contribution in [0, 0.1) is 5.92 Å². The molecule has 1 amide bonds. The van der Waals surface area contributed by atoms with Gasteiger partial charge in [0.2, 0.25) is 0 Å². The second kappa shape index (κ2) is 5.93. The van der Waals surface area contributed by atoms with E-state index in [1.165, 1.54) is 18.2 Å². The number of amides is 1. The van der Waals surface area contributed by atoms with E-state index in [1.54, 1.807) is 0 Å². The standard InChI is InChI=1S/C14H20N2O3/c1-9(10-4-6-15-7-5-10)16-14(19)12-3-2-11(17)8-13(12)18/h2-3,8-10,15,17-18H,4-7H2,1H3,(H,16,19). The van der Waals surface area contributed by atoms with Crippen molar-refractivity contribution in [1.29, 1.82) is 0 Å². The van der Waals surface area contributed by atoms with E-state index in [0.717, 1.165) is 25.9 Å². The normalized spacial score (nSPS) is 17.9. The number of benzene rings is 1. The van der Waals surface area contributed by atoms with Crippen LogP contribution in [-0.2, 0) is 0 Å². The van der Waals surface area contributed by atoms with E-state index in [4.69, 9.17) is 0 Å². The molecule has 5 heteroatoms. The Hall–Kier alpha value is -1.75. The Morgan fingerprint density at radius 1 is 1.37 bits per heavy atom. The molecule has 0 aliphatic carbocycles. The summed E-state index contributed by atoms with van der Waals surface area (Å²) in [5.41, 5.74) is 0.193. The highest BCUT2D eigenvalue weighted by molar-refractivity contribution is 5.97. The molecule has 1 heterocycles. The zero-order chi connectivity index (χ0) is 13.8. The van der Waals surface area contributed by atoms with Gasteiger partial charge in [0.25, 0.3) is 5.91 Å². The van der Waals surface area contributed by atoms with Crippen LogP contribution < -0.4 is 10.6 Å². The van der Waals surface area contributed by atoms with Gasteiger partial charge >= 0.3 is 0 Å². The van der Waals surface area contributed by atoms with Crippen LogP contribution in [0.25, 0.3) is 0 Å². The Labute approximate surface area is 112 Å². The van der Waals surface area contributed by atoms with Crippen LogP contribution in [0.15, 0.2) is 18.2 Å². The third kappa shape index (κ3) is 3.38. The number of carbonyl (C=O) groups excluding carboxylic acids is 1. The van der Waals surface area contributed by atoms with Gasteiger partial charge in [0.1, 0.15) is 11.5 Å². The molecule has 0 aromatic heterocycles. The fourth-order valence-corrected chi connectivity index (χ4v) is 2.46. The molecule has 5 nitrogen and oxygen atoms in total. The van der Waals surface area contributed by atoms with Crippen molar-refractivity contribution < 1.29 is 15.0 Å². The molecule has 1 atom stereocenters. The van der Waals surface area contributed by atoms with E-state index in [0.29, 0.717) is 5.92 Å². The summed E-state index contributed by atoms with van der Waals surface area (Å²) in [6, 6.07) is 4.06. The maximum absolute atomic E-state index is 12.1. The summed E-state index contributed by atoms with van der Waals surface area (Å²) in [6.45, 7) is 3.95.